The van der Waals surface area contributed by atoms with Crippen molar-refractivity contribution in [3.63, 3.8) is 0 Å². The summed E-state index contributed by atoms with van der Waals surface area (Å²) in [4.78, 5) is 21.9. The van der Waals surface area contributed by atoms with Crippen molar-refractivity contribution in [2.24, 2.45) is 0 Å². The van der Waals surface area contributed by atoms with Crippen molar-refractivity contribution < 1.29 is 4.79 Å². The molecule has 1 aromatic heterocycles. The minimum Gasteiger partial charge on any atom is -0.325 e. The highest BCUT2D eigenvalue weighted by Crippen LogP contribution is 2.38. The van der Waals surface area contributed by atoms with Gasteiger partial charge in [0, 0.05) is 21.1 Å². The number of hydrogen-bond acceptors (Lipinski definition) is 4. The molecule has 0 unspecified atom stereocenters. The van der Waals surface area contributed by atoms with Gasteiger partial charge in [-0.25, -0.2) is 9.97 Å². The van der Waals surface area contributed by atoms with E-state index in [4.69, 9.17) is 23.2 Å². The minimum absolute atomic E-state index is 0.192. The molecule has 3 aromatic carbocycles. The van der Waals surface area contributed by atoms with Crippen LogP contribution in [0.15, 0.2) is 84.1 Å². The molecule has 144 valence electrons. The van der Waals surface area contributed by atoms with Gasteiger partial charge in [-0.05, 0) is 29.8 Å². The van der Waals surface area contributed by atoms with E-state index in [1.165, 1.54) is 18.1 Å². The average molecular weight is 440 g/mol. The maximum absolute atomic E-state index is 13.2. The molecule has 0 bridgehead atoms. The summed E-state index contributed by atoms with van der Waals surface area (Å²) in [5.74, 6) is -0.192. The van der Waals surface area contributed by atoms with Gasteiger partial charge in [0.1, 0.15) is 16.6 Å². The Morgan fingerprint density at radius 3 is 2.34 bits per heavy atom. The number of anilines is 1. The van der Waals surface area contributed by atoms with Crippen LogP contribution in [0.1, 0.15) is 10.8 Å². The number of carbonyl (C=O) groups is 1. The number of halogens is 2. The number of carbonyl (C=O) groups excluding carboxylic acids is 1. The summed E-state index contributed by atoms with van der Waals surface area (Å²) >= 11 is 13.5. The highest BCUT2D eigenvalue weighted by molar-refractivity contribution is 8.00. The van der Waals surface area contributed by atoms with E-state index >= 15 is 0 Å². The molecule has 0 aliphatic heterocycles. The Kier molecular flexibility index (Phi) is 6.00. The molecule has 1 amide bonds. The van der Waals surface area contributed by atoms with Crippen molar-refractivity contribution in [3.05, 3.63) is 94.7 Å². The SMILES string of the molecule is O=C(Nc1cc(Cl)cc(Cl)c1)[C@H](Sc1ncnc2ccccc12)c1ccccc1. The summed E-state index contributed by atoms with van der Waals surface area (Å²) in [7, 11) is 0. The molecule has 0 saturated carbocycles. The first-order valence-electron chi connectivity index (χ1n) is 8.78. The van der Waals surface area contributed by atoms with Crippen molar-refractivity contribution in [1.29, 1.82) is 0 Å². The van der Waals surface area contributed by atoms with Crippen LogP contribution in [0.4, 0.5) is 5.69 Å². The molecular formula is C22H15Cl2N3OS. The molecule has 4 rings (SSSR count). The molecule has 1 heterocycles. The lowest BCUT2D eigenvalue weighted by Crippen LogP contribution is -2.19. The maximum atomic E-state index is 13.2. The third-order valence-electron chi connectivity index (χ3n) is 4.21. The smallest absolute Gasteiger partial charge is 0.242 e. The predicted octanol–water partition coefficient (Wildman–Crippen LogP) is 6.41. The lowest BCUT2D eigenvalue weighted by Gasteiger charge is -2.17. The van der Waals surface area contributed by atoms with Gasteiger partial charge in [0.25, 0.3) is 0 Å². The van der Waals surface area contributed by atoms with Crippen LogP contribution < -0.4 is 5.32 Å². The van der Waals surface area contributed by atoms with Gasteiger partial charge < -0.3 is 5.32 Å². The summed E-state index contributed by atoms with van der Waals surface area (Å²) in [5, 5.41) is 4.95. The summed E-state index contributed by atoms with van der Waals surface area (Å²) < 4.78 is 0. The molecular weight excluding hydrogens is 425 g/mol. The number of aromatic nitrogens is 2. The number of thioether (sulfide) groups is 1. The number of rotatable bonds is 5. The largest absolute Gasteiger partial charge is 0.325 e. The lowest BCUT2D eigenvalue weighted by molar-refractivity contribution is -0.115. The van der Waals surface area contributed by atoms with Crippen LogP contribution in [0.2, 0.25) is 10.0 Å². The van der Waals surface area contributed by atoms with E-state index in [0.29, 0.717) is 15.7 Å². The van der Waals surface area contributed by atoms with E-state index in [0.717, 1.165) is 21.5 Å². The highest BCUT2D eigenvalue weighted by atomic mass is 35.5. The zero-order valence-corrected chi connectivity index (χ0v) is 17.4. The van der Waals surface area contributed by atoms with Gasteiger partial charge in [-0.15, -0.1) is 0 Å². The van der Waals surface area contributed by atoms with E-state index in [2.05, 4.69) is 15.3 Å². The molecule has 29 heavy (non-hydrogen) atoms. The van der Waals surface area contributed by atoms with Crippen molar-refractivity contribution in [2.45, 2.75) is 10.3 Å². The van der Waals surface area contributed by atoms with Gasteiger partial charge in [0.05, 0.1) is 5.52 Å². The Hall–Kier alpha value is -2.60. The third-order valence-corrected chi connectivity index (χ3v) is 5.91. The Labute approximate surface area is 182 Å². The number of amides is 1. The molecule has 0 saturated heterocycles. The maximum Gasteiger partial charge on any atom is 0.242 e. The Bertz CT molecular complexity index is 1150. The minimum atomic E-state index is -0.521. The summed E-state index contributed by atoms with van der Waals surface area (Å²) in [6.07, 6.45) is 1.52. The number of para-hydroxylation sites is 1. The normalized spacial score (nSPS) is 11.9. The highest BCUT2D eigenvalue weighted by Gasteiger charge is 2.24. The van der Waals surface area contributed by atoms with Crippen LogP contribution in [-0.4, -0.2) is 15.9 Å². The molecule has 1 N–H and O–H groups in total. The summed E-state index contributed by atoms with van der Waals surface area (Å²) in [6, 6.07) is 22.3. The fourth-order valence-electron chi connectivity index (χ4n) is 2.92. The fourth-order valence-corrected chi connectivity index (χ4v) is 4.54. The van der Waals surface area contributed by atoms with Crippen molar-refractivity contribution in [3.8, 4) is 0 Å². The van der Waals surface area contributed by atoms with E-state index in [1.807, 2.05) is 54.6 Å². The number of nitrogens with one attached hydrogen (secondary N) is 1. The molecule has 0 spiro atoms. The Balaban J connectivity index is 1.69. The second-order valence-corrected chi connectivity index (χ2v) is 8.22. The number of nitrogens with zero attached hydrogens (tertiary/aromatic N) is 2. The number of hydrogen-bond donors (Lipinski definition) is 1. The van der Waals surface area contributed by atoms with Gasteiger partial charge in [0.15, 0.2) is 0 Å². The van der Waals surface area contributed by atoms with Crippen molar-refractivity contribution in [2.75, 3.05) is 5.32 Å². The van der Waals surface area contributed by atoms with Gasteiger partial charge in [-0.2, -0.15) is 0 Å². The second-order valence-electron chi connectivity index (χ2n) is 6.25. The standard InChI is InChI=1S/C22H15Cl2N3OS/c23-15-10-16(24)12-17(11-15)27-21(28)20(14-6-2-1-3-7-14)29-22-18-8-4-5-9-19(18)25-13-26-22/h1-13,20H,(H,27,28)/t20-/m1/s1. The first-order chi connectivity index (χ1) is 14.1. The zero-order chi connectivity index (χ0) is 20.2. The van der Waals surface area contributed by atoms with Gasteiger partial charge in [-0.1, -0.05) is 83.5 Å². The average Bonchev–Trinajstić information content (AvgIpc) is 2.72. The molecule has 4 nitrogen and oxygen atoms in total. The van der Waals surface area contributed by atoms with Crippen LogP contribution in [-0.2, 0) is 4.79 Å². The topological polar surface area (TPSA) is 54.9 Å². The third kappa shape index (κ3) is 4.70. The molecule has 7 heteroatoms. The van der Waals surface area contributed by atoms with E-state index in [9.17, 15) is 4.79 Å². The van der Waals surface area contributed by atoms with Crippen molar-refractivity contribution >= 4 is 57.5 Å². The molecule has 4 aromatic rings. The van der Waals surface area contributed by atoms with E-state index < -0.39 is 5.25 Å². The monoisotopic (exact) mass is 439 g/mol. The van der Waals surface area contributed by atoms with Crippen LogP contribution in [0.3, 0.4) is 0 Å². The fraction of sp³-hybridized carbons (Fsp3) is 0.0455. The number of fused-ring (bicyclic) bond motifs is 1. The van der Waals surface area contributed by atoms with Gasteiger partial charge >= 0.3 is 0 Å². The zero-order valence-electron chi connectivity index (χ0n) is 15.0. The van der Waals surface area contributed by atoms with Crippen LogP contribution in [0, 0.1) is 0 Å². The Morgan fingerprint density at radius 1 is 0.897 bits per heavy atom. The van der Waals surface area contributed by atoms with E-state index in [-0.39, 0.29) is 5.91 Å². The molecule has 0 radical (unpaired) electrons. The van der Waals surface area contributed by atoms with E-state index in [1.54, 1.807) is 18.2 Å². The Morgan fingerprint density at radius 2 is 1.59 bits per heavy atom. The summed E-state index contributed by atoms with van der Waals surface area (Å²) in [5.41, 5.74) is 2.24. The number of benzene rings is 3. The van der Waals surface area contributed by atoms with Crippen LogP contribution in [0.5, 0.6) is 0 Å². The first-order valence-corrected chi connectivity index (χ1v) is 10.4. The first kappa shape index (κ1) is 19.7. The van der Waals surface area contributed by atoms with Crippen LogP contribution >= 0.6 is 35.0 Å². The molecule has 0 aliphatic carbocycles. The molecule has 0 fully saturated rings. The quantitative estimate of drug-likeness (QED) is 0.288. The second kappa shape index (κ2) is 8.82. The molecule has 0 aliphatic rings. The van der Waals surface area contributed by atoms with Crippen LogP contribution in [0.25, 0.3) is 10.9 Å². The predicted molar refractivity (Wildman–Crippen MR) is 120 cm³/mol. The van der Waals surface area contributed by atoms with Gasteiger partial charge in [0.2, 0.25) is 5.91 Å². The van der Waals surface area contributed by atoms with Crippen molar-refractivity contribution in [1.82, 2.24) is 9.97 Å². The van der Waals surface area contributed by atoms with Gasteiger partial charge in [-0.3, -0.25) is 4.79 Å². The summed E-state index contributed by atoms with van der Waals surface area (Å²) in [6.45, 7) is 0. The molecule has 1 atom stereocenters. The lowest BCUT2D eigenvalue weighted by atomic mass is 10.1.